The van der Waals surface area contributed by atoms with Gasteiger partial charge in [-0.2, -0.15) is 0 Å². The average molecular weight is 422 g/mol. The molecule has 0 amide bonds. The molecule has 2 aromatic rings. The van der Waals surface area contributed by atoms with Gasteiger partial charge in [-0.3, -0.25) is 0 Å². The molecule has 0 aliphatic carbocycles. The van der Waals surface area contributed by atoms with E-state index in [2.05, 4.69) is 43.2 Å². The Kier molecular flexibility index (Phi) is 5.61. The van der Waals surface area contributed by atoms with Gasteiger partial charge in [0.05, 0.1) is 0 Å². The van der Waals surface area contributed by atoms with Gasteiger partial charge in [-0.15, -0.1) is 0 Å². The maximum Gasteiger partial charge on any atom is 0.124 e. The minimum Gasteiger partial charge on any atom is -0.313 e. The van der Waals surface area contributed by atoms with E-state index in [-0.39, 0.29) is 11.9 Å². The number of likely N-dealkylation sites (N-methyl/N-ethyl adjacent to an activating group) is 1. The zero-order valence-electron chi connectivity index (χ0n) is 10.8. The summed E-state index contributed by atoms with van der Waals surface area (Å²) in [6.45, 7) is 0. The molecule has 0 spiro atoms. The van der Waals surface area contributed by atoms with Crippen LogP contribution in [0.1, 0.15) is 17.2 Å². The topological polar surface area (TPSA) is 12.0 Å². The number of nitrogens with one attached hydrogen (secondary N) is 1. The number of rotatable bonds is 4. The van der Waals surface area contributed by atoms with Gasteiger partial charge < -0.3 is 5.32 Å². The first-order chi connectivity index (χ1) is 9.51. The van der Waals surface area contributed by atoms with Crippen LogP contribution in [0, 0.1) is 5.82 Å². The highest BCUT2D eigenvalue weighted by atomic mass is 79.9. The normalized spacial score (nSPS) is 12.4. The molecule has 106 valence electrons. The van der Waals surface area contributed by atoms with Crippen molar-refractivity contribution < 1.29 is 4.39 Å². The lowest BCUT2D eigenvalue weighted by Crippen LogP contribution is -2.19. The Labute approximate surface area is 139 Å². The van der Waals surface area contributed by atoms with Crippen molar-refractivity contribution >= 4 is 43.5 Å². The molecule has 0 aliphatic heterocycles. The quantitative estimate of drug-likeness (QED) is 0.687. The SMILES string of the molecule is CNC(Cc1ccc(F)cc1Cl)c1cc(Br)ccc1Br. The molecule has 2 aromatic carbocycles. The highest BCUT2D eigenvalue weighted by Gasteiger charge is 2.15. The summed E-state index contributed by atoms with van der Waals surface area (Å²) in [4.78, 5) is 0. The van der Waals surface area contributed by atoms with Crippen LogP contribution in [0.25, 0.3) is 0 Å². The van der Waals surface area contributed by atoms with Crippen molar-refractivity contribution in [2.24, 2.45) is 0 Å². The van der Waals surface area contributed by atoms with Gasteiger partial charge in [0, 0.05) is 20.0 Å². The van der Waals surface area contributed by atoms with Gasteiger partial charge in [0.25, 0.3) is 0 Å². The molecular formula is C15H13Br2ClFN. The van der Waals surface area contributed by atoms with Crippen molar-refractivity contribution in [1.82, 2.24) is 5.32 Å². The Morgan fingerprint density at radius 1 is 1.20 bits per heavy atom. The average Bonchev–Trinajstić information content (AvgIpc) is 2.41. The Morgan fingerprint density at radius 2 is 1.95 bits per heavy atom. The second-order valence-electron chi connectivity index (χ2n) is 4.45. The first kappa shape index (κ1) is 16.0. The fraction of sp³-hybridized carbons (Fsp3) is 0.200. The third-order valence-corrected chi connectivity index (χ3v) is 4.69. The van der Waals surface area contributed by atoms with Gasteiger partial charge in [-0.1, -0.05) is 49.5 Å². The Morgan fingerprint density at radius 3 is 2.60 bits per heavy atom. The predicted molar refractivity (Wildman–Crippen MR) is 88.8 cm³/mol. The van der Waals surface area contributed by atoms with E-state index in [0.717, 1.165) is 20.1 Å². The smallest absolute Gasteiger partial charge is 0.124 e. The molecule has 0 aliphatic rings. The van der Waals surface area contributed by atoms with Crippen molar-refractivity contribution in [3.05, 3.63) is 67.3 Å². The second-order valence-corrected chi connectivity index (χ2v) is 6.62. The number of benzene rings is 2. The van der Waals surface area contributed by atoms with Crippen molar-refractivity contribution in [3.63, 3.8) is 0 Å². The first-order valence-corrected chi connectivity index (χ1v) is 8.04. The van der Waals surface area contributed by atoms with Crippen molar-refractivity contribution in [2.45, 2.75) is 12.5 Å². The van der Waals surface area contributed by atoms with Crippen LogP contribution in [0.4, 0.5) is 4.39 Å². The second kappa shape index (κ2) is 7.03. The van der Waals surface area contributed by atoms with E-state index in [1.807, 2.05) is 19.2 Å². The summed E-state index contributed by atoms with van der Waals surface area (Å²) in [5.74, 6) is -0.316. The molecular weight excluding hydrogens is 408 g/mol. The largest absolute Gasteiger partial charge is 0.313 e. The number of hydrogen-bond donors (Lipinski definition) is 1. The molecule has 0 aromatic heterocycles. The minimum absolute atomic E-state index is 0.0878. The fourth-order valence-electron chi connectivity index (χ4n) is 2.06. The molecule has 2 rings (SSSR count). The van der Waals surface area contributed by atoms with Crippen molar-refractivity contribution in [1.29, 1.82) is 0 Å². The Balaban J connectivity index is 2.31. The summed E-state index contributed by atoms with van der Waals surface area (Å²) < 4.78 is 15.1. The third-order valence-electron chi connectivity index (χ3n) is 3.12. The van der Waals surface area contributed by atoms with E-state index in [9.17, 15) is 4.39 Å². The van der Waals surface area contributed by atoms with Crippen LogP contribution in [0.5, 0.6) is 0 Å². The molecule has 1 N–H and O–H groups in total. The lowest BCUT2D eigenvalue weighted by molar-refractivity contribution is 0.586. The summed E-state index contributed by atoms with van der Waals surface area (Å²) in [5.41, 5.74) is 2.04. The van der Waals surface area contributed by atoms with Crippen molar-refractivity contribution in [3.8, 4) is 0 Å². The monoisotopic (exact) mass is 419 g/mol. The Bertz CT molecular complexity index is 619. The number of halogens is 4. The third kappa shape index (κ3) is 3.82. The first-order valence-electron chi connectivity index (χ1n) is 6.07. The summed E-state index contributed by atoms with van der Waals surface area (Å²) in [5, 5.41) is 3.73. The van der Waals surface area contributed by atoms with Crippen LogP contribution in [0.3, 0.4) is 0 Å². The lowest BCUT2D eigenvalue weighted by Gasteiger charge is -2.19. The standard InChI is InChI=1S/C15H13Br2ClFN/c1-20-15(12-7-10(16)3-5-13(12)17)6-9-2-4-11(19)8-14(9)18/h2-5,7-8,15,20H,6H2,1H3. The van der Waals surface area contributed by atoms with E-state index in [1.165, 1.54) is 12.1 Å². The van der Waals surface area contributed by atoms with Crippen LogP contribution in [0.15, 0.2) is 45.3 Å². The van der Waals surface area contributed by atoms with Crippen LogP contribution < -0.4 is 5.32 Å². The molecule has 5 heteroatoms. The van der Waals surface area contributed by atoms with E-state index < -0.39 is 0 Å². The fourth-order valence-corrected chi connectivity index (χ4v) is 3.20. The van der Waals surface area contributed by atoms with Crippen LogP contribution in [0.2, 0.25) is 5.02 Å². The van der Waals surface area contributed by atoms with Gasteiger partial charge in [0.1, 0.15) is 5.82 Å². The summed E-state index contributed by atoms with van der Waals surface area (Å²) in [6.07, 6.45) is 0.685. The van der Waals surface area contributed by atoms with E-state index in [1.54, 1.807) is 6.07 Å². The molecule has 0 saturated heterocycles. The maximum absolute atomic E-state index is 13.1. The highest BCUT2D eigenvalue weighted by Crippen LogP contribution is 2.30. The maximum atomic E-state index is 13.1. The van der Waals surface area contributed by atoms with Gasteiger partial charge >= 0.3 is 0 Å². The molecule has 0 bridgehead atoms. The lowest BCUT2D eigenvalue weighted by atomic mass is 9.99. The molecule has 1 atom stereocenters. The van der Waals surface area contributed by atoms with E-state index >= 15 is 0 Å². The van der Waals surface area contributed by atoms with Crippen LogP contribution in [-0.2, 0) is 6.42 Å². The summed E-state index contributed by atoms with van der Waals surface area (Å²) >= 11 is 13.1. The van der Waals surface area contributed by atoms with E-state index in [4.69, 9.17) is 11.6 Å². The van der Waals surface area contributed by atoms with Gasteiger partial charge in [0.2, 0.25) is 0 Å². The Hall–Kier alpha value is -0.420. The zero-order valence-corrected chi connectivity index (χ0v) is 14.7. The predicted octanol–water partition coefficient (Wildman–Crippen LogP) is 5.51. The highest BCUT2D eigenvalue weighted by molar-refractivity contribution is 9.11. The van der Waals surface area contributed by atoms with Gasteiger partial charge in [0.15, 0.2) is 0 Å². The molecule has 0 fully saturated rings. The summed E-state index contributed by atoms with van der Waals surface area (Å²) in [6, 6.07) is 10.6. The number of hydrogen-bond acceptors (Lipinski definition) is 1. The van der Waals surface area contributed by atoms with Crippen LogP contribution >= 0.6 is 43.5 Å². The molecule has 20 heavy (non-hydrogen) atoms. The summed E-state index contributed by atoms with van der Waals surface area (Å²) in [7, 11) is 1.90. The van der Waals surface area contributed by atoms with Crippen LogP contribution in [-0.4, -0.2) is 7.05 Å². The van der Waals surface area contributed by atoms with E-state index in [0.29, 0.717) is 11.4 Å². The minimum atomic E-state index is -0.316. The van der Waals surface area contributed by atoms with Gasteiger partial charge in [-0.05, 0) is 54.9 Å². The van der Waals surface area contributed by atoms with Gasteiger partial charge in [-0.25, -0.2) is 4.39 Å². The molecule has 0 heterocycles. The van der Waals surface area contributed by atoms with Crippen molar-refractivity contribution in [2.75, 3.05) is 7.05 Å². The molecule has 0 radical (unpaired) electrons. The zero-order chi connectivity index (χ0) is 14.7. The molecule has 1 nitrogen and oxygen atoms in total. The molecule has 0 saturated carbocycles. The molecule has 1 unspecified atom stereocenters.